The molecule has 1 amide bonds. The van der Waals surface area contributed by atoms with Crippen LogP contribution in [0.4, 0.5) is 15.9 Å². The van der Waals surface area contributed by atoms with E-state index in [2.05, 4.69) is 5.32 Å². The van der Waals surface area contributed by atoms with E-state index in [-0.39, 0.29) is 31.2 Å². The molecule has 1 aromatic heterocycles. The van der Waals surface area contributed by atoms with Gasteiger partial charge in [-0.15, -0.1) is 0 Å². The number of ether oxygens (including phenoxy) is 2. The summed E-state index contributed by atoms with van der Waals surface area (Å²) in [4.78, 5) is 37.2. The number of nitrogens with two attached hydrogens (primary N) is 1. The number of hydrogen-bond acceptors (Lipinski definition) is 6. The molecule has 0 spiro atoms. The second-order valence-electron chi connectivity index (χ2n) is 7.78. The number of hydrogen-bond donors (Lipinski definition) is 2. The lowest BCUT2D eigenvalue weighted by molar-refractivity contribution is -0.111. The molecule has 1 aliphatic rings. The first kappa shape index (κ1) is 24.2. The van der Waals surface area contributed by atoms with Crippen molar-refractivity contribution in [1.82, 2.24) is 9.13 Å². The first-order valence-corrected chi connectivity index (χ1v) is 10.9. The molecular weight excluding hydrogens is 431 g/mol. The molecule has 3 N–H and O–H groups in total. The molecule has 0 aliphatic carbocycles. The van der Waals surface area contributed by atoms with Crippen LogP contribution in [0.2, 0.25) is 0 Å². The Hall–Kier alpha value is -3.40. The van der Waals surface area contributed by atoms with Gasteiger partial charge in [-0.3, -0.25) is 18.7 Å². The number of benzene rings is 1. The summed E-state index contributed by atoms with van der Waals surface area (Å²) in [6.07, 6.45) is 3.43. The fourth-order valence-corrected chi connectivity index (χ4v) is 3.52. The normalized spacial score (nSPS) is 15.5. The average Bonchev–Trinajstić information content (AvgIpc) is 2.81. The Morgan fingerprint density at radius 1 is 1.18 bits per heavy atom. The molecule has 0 unspecified atom stereocenters. The lowest BCUT2D eigenvalue weighted by atomic mass is 9.98. The monoisotopic (exact) mass is 460 g/mol. The zero-order valence-electron chi connectivity index (χ0n) is 18.8. The minimum atomic E-state index is -1.38. The van der Waals surface area contributed by atoms with E-state index in [1.807, 2.05) is 0 Å². The van der Waals surface area contributed by atoms with Crippen molar-refractivity contribution in [3.63, 3.8) is 0 Å². The van der Waals surface area contributed by atoms with Crippen molar-refractivity contribution < 1.29 is 18.7 Å². The molecule has 178 valence electrons. The molecule has 10 heteroatoms. The number of anilines is 2. The summed E-state index contributed by atoms with van der Waals surface area (Å²) in [5.74, 6) is -0.132. The van der Waals surface area contributed by atoms with E-state index in [1.165, 1.54) is 10.6 Å². The number of nitrogens with one attached hydrogen (secondary N) is 1. The molecule has 2 heterocycles. The second-order valence-corrected chi connectivity index (χ2v) is 7.78. The maximum Gasteiger partial charge on any atom is 0.332 e. The summed E-state index contributed by atoms with van der Waals surface area (Å²) in [5.41, 5.74) is 3.97. The van der Waals surface area contributed by atoms with Gasteiger partial charge in [0, 0.05) is 45.2 Å². The third-order valence-corrected chi connectivity index (χ3v) is 5.54. The summed E-state index contributed by atoms with van der Waals surface area (Å²) >= 11 is 0. The van der Waals surface area contributed by atoms with Crippen molar-refractivity contribution in [1.29, 1.82) is 0 Å². The van der Waals surface area contributed by atoms with Gasteiger partial charge >= 0.3 is 5.69 Å². The first-order chi connectivity index (χ1) is 15.8. The number of amides is 1. The molecule has 3 rings (SSSR count). The SMILES string of the molecule is CCn1c(N)c(NC(=O)/C=C/c2ccc(OCC3(F)CCOCC3)cc2)c(=O)n(CC)c1=O. The van der Waals surface area contributed by atoms with Gasteiger partial charge in [-0.25, -0.2) is 9.18 Å². The number of aromatic nitrogens is 2. The van der Waals surface area contributed by atoms with Crippen LogP contribution in [-0.4, -0.2) is 40.5 Å². The van der Waals surface area contributed by atoms with Crippen LogP contribution in [0.25, 0.3) is 6.08 Å². The molecule has 9 nitrogen and oxygen atoms in total. The van der Waals surface area contributed by atoms with Crippen LogP contribution >= 0.6 is 0 Å². The van der Waals surface area contributed by atoms with Crippen molar-refractivity contribution in [2.75, 3.05) is 30.9 Å². The molecule has 33 heavy (non-hydrogen) atoms. The molecule has 1 fully saturated rings. The van der Waals surface area contributed by atoms with E-state index in [9.17, 15) is 18.8 Å². The number of nitrogen functional groups attached to an aromatic ring is 1. The van der Waals surface area contributed by atoms with E-state index in [1.54, 1.807) is 44.2 Å². The highest BCUT2D eigenvalue weighted by Crippen LogP contribution is 2.26. The maximum atomic E-state index is 14.6. The lowest BCUT2D eigenvalue weighted by Crippen LogP contribution is -2.42. The molecule has 1 aromatic carbocycles. The summed E-state index contributed by atoms with van der Waals surface area (Å²) in [7, 11) is 0. The van der Waals surface area contributed by atoms with Crippen LogP contribution in [0.1, 0.15) is 32.3 Å². The van der Waals surface area contributed by atoms with Crippen LogP contribution in [0, 0.1) is 0 Å². The first-order valence-electron chi connectivity index (χ1n) is 10.9. The van der Waals surface area contributed by atoms with Gasteiger partial charge in [-0.2, -0.15) is 0 Å². The van der Waals surface area contributed by atoms with E-state index < -0.39 is 22.8 Å². The molecule has 0 atom stereocenters. The zero-order chi connectivity index (χ0) is 24.0. The molecule has 0 saturated carbocycles. The summed E-state index contributed by atoms with van der Waals surface area (Å²) in [5, 5.41) is 2.48. The van der Waals surface area contributed by atoms with Gasteiger partial charge in [0.25, 0.3) is 5.56 Å². The Labute approximate surface area is 190 Å². The van der Waals surface area contributed by atoms with Gasteiger partial charge in [0.05, 0.1) is 0 Å². The number of carbonyl (C=O) groups is 1. The van der Waals surface area contributed by atoms with Crippen molar-refractivity contribution in [3.8, 4) is 5.75 Å². The predicted octanol–water partition coefficient (Wildman–Crippen LogP) is 2.18. The number of alkyl halides is 1. The van der Waals surface area contributed by atoms with Crippen LogP contribution in [0.15, 0.2) is 39.9 Å². The Morgan fingerprint density at radius 3 is 2.42 bits per heavy atom. The van der Waals surface area contributed by atoms with Gasteiger partial charge < -0.3 is 20.5 Å². The van der Waals surface area contributed by atoms with Gasteiger partial charge in [0.1, 0.15) is 29.5 Å². The minimum Gasteiger partial charge on any atom is -0.490 e. The standard InChI is InChI=1S/C23H29FN4O5/c1-3-27-20(25)19(21(30)28(4-2)22(27)31)26-18(29)10-7-16-5-8-17(9-6-16)33-15-23(24)11-13-32-14-12-23/h5-10H,3-4,11-15,25H2,1-2H3,(H,26,29)/b10-7+. The number of carbonyl (C=O) groups excluding carboxylic acids is 1. The van der Waals surface area contributed by atoms with Crippen LogP contribution < -0.4 is 27.0 Å². The van der Waals surface area contributed by atoms with Gasteiger partial charge in [0.2, 0.25) is 5.91 Å². The van der Waals surface area contributed by atoms with Gasteiger partial charge in [-0.1, -0.05) is 12.1 Å². The van der Waals surface area contributed by atoms with E-state index in [4.69, 9.17) is 15.2 Å². The van der Waals surface area contributed by atoms with E-state index in [0.29, 0.717) is 37.4 Å². The van der Waals surface area contributed by atoms with Crippen LogP contribution in [-0.2, 0) is 22.6 Å². The minimum absolute atomic E-state index is 0.0371. The molecule has 2 aromatic rings. The summed E-state index contributed by atoms with van der Waals surface area (Å²) in [6, 6.07) is 6.83. The fourth-order valence-electron chi connectivity index (χ4n) is 3.52. The third kappa shape index (κ3) is 5.70. The number of halogens is 1. The highest BCUT2D eigenvalue weighted by atomic mass is 19.1. The molecular formula is C23H29FN4O5. The van der Waals surface area contributed by atoms with Crippen molar-refractivity contribution in [2.45, 2.75) is 45.4 Å². The summed E-state index contributed by atoms with van der Waals surface area (Å²) < 4.78 is 27.6. The Kier molecular flexibility index (Phi) is 7.70. The van der Waals surface area contributed by atoms with E-state index >= 15 is 0 Å². The maximum absolute atomic E-state index is 14.6. The Bertz CT molecular complexity index is 1130. The predicted molar refractivity (Wildman–Crippen MR) is 124 cm³/mol. The highest BCUT2D eigenvalue weighted by Gasteiger charge is 2.33. The van der Waals surface area contributed by atoms with Crippen molar-refractivity contribution in [3.05, 3.63) is 56.7 Å². The quantitative estimate of drug-likeness (QED) is 0.583. The van der Waals surface area contributed by atoms with Gasteiger partial charge in [0.15, 0.2) is 0 Å². The third-order valence-electron chi connectivity index (χ3n) is 5.54. The molecule has 0 radical (unpaired) electrons. The number of nitrogens with zero attached hydrogens (tertiary/aromatic N) is 2. The fraction of sp³-hybridized carbons (Fsp3) is 0.435. The Balaban J connectivity index is 1.65. The number of rotatable bonds is 8. The zero-order valence-corrected chi connectivity index (χ0v) is 18.8. The average molecular weight is 461 g/mol. The molecule has 1 saturated heterocycles. The lowest BCUT2D eigenvalue weighted by Gasteiger charge is -2.29. The van der Waals surface area contributed by atoms with E-state index in [0.717, 1.165) is 4.57 Å². The van der Waals surface area contributed by atoms with Gasteiger partial charge in [-0.05, 0) is 37.6 Å². The Morgan fingerprint density at radius 2 is 1.82 bits per heavy atom. The second kappa shape index (κ2) is 10.5. The molecule has 0 bridgehead atoms. The smallest absolute Gasteiger partial charge is 0.332 e. The van der Waals surface area contributed by atoms with Crippen molar-refractivity contribution >= 4 is 23.5 Å². The summed E-state index contributed by atoms with van der Waals surface area (Å²) in [6.45, 7) is 4.54. The largest absolute Gasteiger partial charge is 0.490 e. The topological polar surface area (TPSA) is 118 Å². The van der Waals surface area contributed by atoms with Crippen LogP contribution in [0.5, 0.6) is 5.75 Å². The molecule has 1 aliphatic heterocycles. The highest BCUT2D eigenvalue weighted by molar-refractivity contribution is 6.03. The van der Waals surface area contributed by atoms with Crippen molar-refractivity contribution in [2.24, 2.45) is 0 Å². The van der Waals surface area contributed by atoms with Crippen LogP contribution in [0.3, 0.4) is 0 Å².